The lowest BCUT2D eigenvalue weighted by molar-refractivity contribution is 0.528. The highest BCUT2D eigenvalue weighted by atomic mass is 35.5. The second-order valence-corrected chi connectivity index (χ2v) is 6.69. The van der Waals surface area contributed by atoms with E-state index in [0.29, 0.717) is 5.92 Å². The Hall–Kier alpha value is -0.590. The predicted molar refractivity (Wildman–Crippen MR) is 65.3 cm³/mol. The maximum absolute atomic E-state index is 12.1. The highest BCUT2D eigenvalue weighted by Gasteiger charge is 2.29. The van der Waals surface area contributed by atoms with E-state index in [1.165, 1.54) is 10.9 Å². The van der Waals surface area contributed by atoms with Crippen molar-refractivity contribution >= 4 is 21.6 Å². The van der Waals surface area contributed by atoms with Crippen LogP contribution in [0.4, 0.5) is 0 Å². The van der Waals surface area contributed by atoms with Crippen molar-refractivity contribution in [2.45, 2.75) is 37.3 Å². The van der Waals surface area contributed by atoms with E-state index in [4.69, 9.17) is 11.6 Å². The molecule has 0 aliphatic heterocycles. The molecule has 1 aromatic rings. The van der Waals surface area contributed by atoms with Gasteiger partial charge in [-0.05, 0) is 25.2 Å². The van der Waals surface area contributed by atoms with Crippen molar-refractivity contribution in [1.82, 2.24) is 14.5 Å². The van der Waals surface area contributed by atoms with E-state index in [1.807, 2.05) is 0 Å². The van der Waals surface area contributed by atoms with Crippen LogP contribution in [-0.4, -0.2) is 24.2 Å². The predicted octanol–water partition coefficient (Wildman–Crippen LogP) is 1.54. The van der Waals surface area contributed by atoms with Crippen molar-refractivity contribution in [3.8, 4) is 0 Å². The fourth-order valence-electron chi connectivity index (χ4n) is 2.29. The Morgan fingerprint density at radius 2 is 2.24 bits per heavy atom. The Labute approximate surface area is 106 Å². The summed E-state index contributed by atoms with van der Waals surface area (Å²) in [6, 6.07) is 0.0148. The zero-order valence-corrected chi connectivity index (χ0v) is 11.4. The molecule has 2 atom stereocenters. The van der Waals surface area contributed by atoms with Crippen LogP contribution in [0, 0.1) is 5.92 Å². The number of hydrogen-bond acceptors (Lipinski definition) is 3. The molecule has 5 nitrogen and oxygen atoms in total. The summed E-state index contributed by atoms with van der Waals surface area (Å²) in [5.74, 6) is 0.574. The number of aromatic nitrogens is 2. The summed E-state index contributed by atoms with van der Waals surface area (Å²) in [5, 5.41) is 4.04. The van der Waals surface area contributed by atoms with Gasteiger partial charge in [0.15, 0.2) is 5.03 Å². The molecule has 2 unspecified atom stereocenters. The molecular weight excluding hydrogens is 262 g/mol. The van der Waals surface area contributed by atoms with Crippen LogP contribution in [0.15, 0.2) is 11.2 Å². The van der Waals surface area contributed by atoms with Gasteiger partial charge in [-0.2, -0.15) is 5.10 Å². The first-order chi connectivity index (χ1) is 7.90. The van der Waals surface area contributed by atoms with Gasteiger partial charge in [0.25, 0.3) is 10.0 Å². The molecule has 7 heteroatoms. The van der Waals surface area contributed by atoms with Crippen LogP contribution in [0.25, 0.3) is 0 Å². The van der Waals surface area contributed by atoms with Gasteiger partial charge in [0.1, 0.15) is 0 Å². The lowest BCUT2D eigenvalue weighted by Gasteiger charge is -2.13. The lowest BCUT2D eigenvalue weighted by atomic mass is 10.1. The van der Waals surface area contributed by atoms with Gasteiger partial charge in [-0.3, -0.25) is 4.68 Å². The molecule has 1 heterocycles. The Morgan fingerprint density at radius 1 is 1.53 bits per heavy atom. The Kier molecular flexibility index (Phi) is 3.47. The van der Waals surface area contributed by atoms with Gasteiger partial charge >= 0.3 is 0 Å². The molecule has 1 aromatic heterocycles. The molecule has 2 rings (SSSR count). The fourth-order valence-corrected chi connectivity index (χ4v) is 4.23. The lowest BCUT2D eigenvalue weighted by Crippen LogP contribution is -2.34. The first kappa shape index (κ1) is 12.9. The number of halogens is 1. The van der Waals surface area contributed by atoms with Crippen molar-refractivity contribution in [2.24, 2.45) is 13.0 Å². The summed E-state index contributed by atoms with van der Waals surface area (Å²) in [7, 11) is -2.00. The first-order valence-corrected chi connectivity index (χ1v) is 7.46. The van der Waals surface area contributed by atoms with Crippen molar-refractivity contribution < 1.29 is 8.42 Å². The van der Waals surface area contributed by atoms with Crippen molar-refractivity contribution in [1.29, 1.82) is 0 Å². The average molecular weight is 278 g/mol. The first-order valence-electron chi connectivity index (χ1n) is 5.60. The molecule has 0 aromatic carbocycles. The van der Waals surface area contributed by atoms with Gasteiger partial charge in [0, 0.05) is 13.1 Å². The molecular formula is C10H16ClN3O2S. The molecule has 0 saturated heterocycles. The minimum absolute atomic E-state index is 0.0148. The number of nitrogens with zero attached hydrogens (tertiary/aromatic N) is 2. The van der Waals surface area contributed by atoms with Gasteiger partial charge in [0.2, 0.25) is 0 Å². The van der Waals surface area contributed by atoms with E-state index in [2.05, 4.69) is 16.7 Å². The van der Waals surface area contributed by atoms with Crippen molar-refractivity contribution in [2.75, 3.05) is 0 Å². The van der Waals surface area contributed by atoms with Crippen LogP contribution in [0.3, 0.4) is 0 Å². The SMILES string of the molecule is CC1CCC(NS(=O)(=O)c2c(Cl)cnn2C)C1. The highest BCUT2D eigenvalue weighted by Crippen LogP contribution is 2.27. The highest BCUT2D eigenvalue weighted by molar-refractivity contribution is 7.89. The molecule has 96 valence electrons. The van der Waals surface area contributed by atoms with Crippen LogP contribution in [-0.2, 0) is 17.1 Å². The van der Waals surface area contributed by atoms with Crippen LogP contribution >= 0.6 is 11.6 Å². The van der Waals surface area contributed by atoms with E-state index in [0.717, 1.165) is 19.3 Å². The minimum atomic E-state index is -3.57. The van der Waals surface area contributed by atoms with Crippen LogP contribution in [0.2, 0.25) is 5.02 Å². The number of sulfonamides is 1. The quantitative estimate of drug-likeness (QED) is 0.911. The number of aryl methyl sites for hydroxylation is 1. The summed E-state index contributed by atoms with van der Waals surface area (Å²) >= 11 is 5.84. The Bertz CT molecular complexity index is 492. The largest absolute Gasteiger partial charge is 0.259 e. The molecule has 0 bridgehead atoms. The van der Waals surface area contributed by atoms with Crippen molar-refractivity contribution in [3.05, 3.63) is 11.2 Å². The minimum Gasteiger partial charge on any atom is -0.255 e. The molecule has 1 aliphatic rings. The molecule has 1 N–H and O–H groups in total. The second kappa shape index (κ2) is 4.59. The van der Waals surface area contributed by atoms with Crippen LogP contribution in [0.5, 0.6) is 0 Å². The van der Waals surface area contributed by atoms with Crippen LogP contribution in [0.1, 0.15) is 26.2 Å². The third kappa shape index (κ3) is 2.64. The third-order valence-corrected chi connectivity index (χ3v) is 5.14. The summed E-state index contributed by atoms with van der Waals surface area (Å²) < 4.78 is 28.3. The summed E-state index contributed by atoms with van der Waals surface area (Å²) in [6.07, 6.45) is 4.17. The zero-order valence-electron chi connectivity index (χ0n) is 9.85. The summed E-state index contributed by atoms with van der Waals surface area (Å²) in [5.41, 5.74) is 0. The van der Waals surface area contributed by atoms with E-state index < -0.39 is 10.0 Å². The Morgan fingerprint density at radius 3 is 2.71 bits per heavy atom. The van der Waals surface area contributed by atoms with E-state index in [1.54, 1.807) is 7.05 Å². The van der Waals surface area contributed by atoms with Gasteiger partial charge in [-0.25, -0.2) is 13.1 Å². The summed E-state index contributed by atoms with van der Waals surface area (Å²) in [4.78, 5) is 0. The standard InChI is InChI=1S/C10H16ClN3O2S/c1-7-3-4-8(5-7)13-17(15,16)10-9(11)6-12-14(10)2/h6-8,13H,3-5H2,1-2H3. The normalized spacial score (nSPS) is 25.4. The van der Waals surface area contributed by atoms with E-state index >= 15 is 0 Å². The zero-order chi connectivity index (χ0) is 12.6. The maximum atomic E-state index is 12.1. The molecule has 1 saturated carbocycles. The van der Waals surface area contributed by atoms with E-state index in [-0.39, 0.29) is 16.1 Å². The van der Waals surface area contributed by atoms with Crippen LogP contribution < -0.4 is 4.72 Å². The topological polar surface area (TPSA) is 64.0 Å². The van der Waals surface area contributed by atoms with Gasteiger partial charge in [-0.1, -0.05) is 18.5 Å². The van der Waals surface area contributed by atoms with E-state index in [9.17, 15) is 8.42 Å². The molecule has 1 aliphatic carbocycles. The third-order valence-electron chi connectivity index (χ3n) is 3.11. The number of hydrogen-bond donors (Lipinski definition) is 1. The number of nitrogens with one attached hydrogen (secondary N) is 1. The van der Waals surface area contributed by atoms with Gasteiger partial charge in [0.05, 0.1) is 11.2 Å². The fraction of sp³-hybridized carbons (Fsp3) is 0.700. The molecule has 1 fully saturated rings. The number of rotatable bonds is 3. The molecule has 17 heavy (non-hydrogen) atoms. The molecule has 0 radical (unpaired) electrons. The average Bonchev–Trinajstić information content (AvgIpc) is 2.73. The molecule has 0 amide bonds. The Balaban J connectivity index is 2.20. The summed E-state index contributed by atoms with van der Waals surface area (Å²) in [6.45, 7) is 2.13. The monoisotopic (exact) mass is 277 g/mol. The maximum Gasteiger partial charge on any atom is 0.259 e. The smallest absolute Gasteiger partial charge is 0.255 e. The van der Waals surface area contributed by atoms with Gasteiger partial charge in [-0.15, -0.1) is 0 Å². The second-order valence-electron chi connectivity index (χ2n) is 4.66. The van der Waals surface area contributed by atoms with Gasteiger partial charge < -0.3 is 0 Å². The van der Waals surface area contributed by atoms with Crippen molar-refractivity contribution in [3.63, 3.8) is 0 Å². The molecule has 0 spiro atoms.